The van der Waals surface area contributed by atoms with Crippen LogP contribution in [0.3, 0.4) is 0 Å². The predicted molar refractivity (Wildman–Crippen MR) is 117 cm³/mol. The quantitative estimate of drug-likeness (QED) is 0.705. The van der Waals surface area contributed by atoms with Crippen LogP contribution in [0.5, 0.6) is 0 Å². The number of carbonyl (C=O) groups is 2. The van der Waals surface area contributed by atoms with E-state index in [0.717, 1.165) is 37.7 Å². The van der Waals surface area contributed by atoms with E-state index < -0.39 is 11.5 Å². The molecular weight excluding hydrogens is 416 g/mol. The molecule has 2 amide bonds. The molecule has 166 valence electrons. The second-order valence-corrected chi connectivity index (χ2v) is 9.12. The number of carbonyl (C=O) groups excluding carboxylic acids is 2. The summed E-state index contributed by atoms with van der Waals surface area (Å²) in [6.07, 6.45) is 4.67. The van der Waals surface area contributed by atoms with Crippen molar-refractivity contribution in [3.8, 4) is 0 Å². The molecule has 2 aromatic rings. The Kier molecular flexibility index (Phi) is 6.64. The summed E-state index contributed by atoms with van der Waals surface area (Å²) in [5.74, 6) is -0.644. The molecule has 1 N–H and O–H groups in total. The highest BCUT2D eigenvalue weighted by Crippen LogP contribution is 2.49. The topological polar surface area (TPSA) is 93.7 Å². The van der Waals surface area contributed by atoms with Gasteiger partial charge in [0.1, 0.15) is 11.6 Å². The third-order valence-electron chi connectivity index (χ3n) is 6.29. The van der Waals surface area contributed by atoms with E-state index in [2.05, 4.69) is 15.5 Å². The molecule has 1 aromatic heterocycles. The van der Waals surface area contributed by atoms with Gasteiger partial charge in [-0.15, -0.1) is 10.2 Å². The van der Waals surface area contributed by atoms with E-state index in [-0.39, 0.29) is 11.8 Å². The van der Waals surface area contributed by atoms with Crippen molar-refractivity contribution in [2.75, 3.05) is 32.7 Å². The van der Waals surface area contributed by atoms with Crippen LogP contribution >= 0.6 is 11.3 Å². The minimum atomic E-state index is -0.563. The van der Waals surface area contributed by atoms with Crippen molar-refractivity contribution in [1.82, 2.24) is 15.1 Å². The summed E-state index contributed by atoms with van der Waals surface area (Å²) in [5.41, 5.74) is 0.821. The first kappa shape index (κ1) is 21.9. The van der Waals surface area contributed by atoms with Gasteiger partial charge < -0.3 is 14.4 Å². The highest BCUT2D eigenvalue weighted by atomic mass is 32.1. The van der Waals surface area contributed by atoms with Crippen LogP contribution in [0.25, 0.3) is 0 Å². The number of nitrogens with one attached hydrogen (secondary N) is 1. The van der Waals surface area contributed by atoms with Crippen molar-refractivity contribution >= 4 is 28.3 Å². The van der Waals surface area contributed by atoms with Gasteiger partial charge in [-0.2, -0.15) is 0 Å². The Balaban J connectivity index is 1.74. The van der Waals surface area contributed by atoms with Crippen LogP contribution in [0.1, 0.15) is 59.0 Å². The maximum absolute atomic E-state index is 13.7. The monoisotopic (exact) mass is 444 g/mol. The van der Waals surface area contributed by atoms with Gasteiger partial charge in [0, 0.05) is 26.3 Å². The molecule has 9 heteroatoms. The van der Waals surface area contributed by atoms with Crippen LogP contribution < -0.4 is 5.32 Å². The summed E-state index contributed by atoms with van der Waals surface area (Å²) in [6.45, 7) is 1.24. The summed E-state index contributed by atoms with van der Waals surface area (Å²) < 4.78 is 10.4. The summed E-state index contributed by atoms with van der Waals surface area (Å²) in [5, 5.41) is 12.3. The summed E-state index contributed by atoms with van der Waals surface area (Å²) in [7, 11) is 3.23. The minimum Gasteiger partial charge on any atom is -0.383 e. The predicted octanol–water partition coefficient (Wildman–Crippen LogP) is 3.21. The van der Waals surface area contributed by atoms with Crippen molar-refractivity contribution in [1.29, 1.82) is 0 Å². The fraction of sp³-hybridized carbons (Fsp3) is 0.545. The first-order chi connectivity index (χ1) is 15.1. The number of rotatable bonds is 7. The van der Waals surface area contributed by atoms with Crippen LogP contribution in [0, 0.1) is 0 Å². The number of fused-ring (bicyclic) bond motifs is 1. The second kappa shape index (κ2) is 9.42. The number of nitrogens with zero attached hydrogens (tertiary/aromatic N) is 3. The third-order valence-corrected chi connectivity index (χ3v) is 7.10. The van der Waals surface area contributed by atoms with Gasteiger partial charge in [0.05, 0.1) is 18.1 Å². The average molecular weight is 445 g/mol. The molecule has 1 aliphatic carbocycles. The van der Waals surface area contributed by atoms with Crippen molar-refractivity contribution < 1.29 is 19.1 Å². The smallest absolute Gasteiger partial charge is 0.254 e. The van der Waals surface area contributed by atoms with Gasteiger partial charge in [-0.05, 0) is 24.5 Å². The van der Waals surface area contributed by atoms with Gasteiger partial charge in [0.2, 0.25) is 11.0 Å². The third kappa shape index (κ3) is 4.09. The van der Waals surface area contributed by atoms with Crippen molar-refractivity contribution in [2.45, 2.75) is 50.2 Å². The summed E-state index contributed by atoms with van der Waals surface area (Å²) in [4.78, 5) is 29.1. The lowest BCUT2D eigenvalue weighted by Gasteiger charge is -2.53. The molecule has 2 aliphatic rings. The lowest BCUT2D eigenvalue weighted by atomic mass is 9.65. The Bertz CT molecular complexity index is 941. The normalized spacial score (nSPS) is 20.0. The van der Waals surface area contributed by atoms with E-state index in [1.165, 1.54) is 11.3 Å². The van der Waals surface area contributed by atoms with E-state index in [4.69, 9.17) is 9.47 Å². The van der Waals surface area contributed by atoms with E-state index in [1.807, 2.05) is 29.2 Å². The number of anilines is 1. The fourth-order valence-electron chi connectivity index (χ4n) is 5.01. The van der Waals surface area contributed by atoms with Crippen LogP contribution in [0.2, 0.25) is 0 Å². The SMILES string of the molecule is COCCN1C(=O)c2ccccc2C(C(=O)Nc2nnc(COC)s2)C12CCCCC2. The molecule has 31 heavy (non-hydrogen) atoms. The molecule has 1 spiro atoms. The Labute approximate surface area is 185 Å². The van der Waals surface area contributed by atoms with Crippen LogP contribution in [-0.4, -0.2) is 59.8 Å². The molecule has 8 nitrogen and oxygen atoms in total. The van der Waals surface area contributed by atoms with Gasteiger partial charge in [-0.3, -0.25) is 14.9 Å². The number of hydrogen-bond donors (Lipinski definition) is 1. The highest BCUT2D eigenvalue weighted by molar-refractivity contribution is 7.15. The molecule has 1 unspecified atom stereocenters. The van der Waals surface area contributed by atoms with E-state index in [0.29, 0.717) is 35.5 Å². The van der Waals surface area contributed by atoms with E-state index in [1.54, 1.807) is 14.2 Å². The Morgan fingerprint density at radius 1 is 1.19 bits per heavy atom. The fourth-order valence-corrected chi connectivity index (χ4v) is 5.73. The zero-order valence-corrected chi connectivity index (χ0v) is 18.7. The van der Waals surface area contributed by atoms with Gasteiger partial charge in [0.25, 0.3) is 5.91 Å². The van der Waals surface area contributed by atoms with Crippen LogP contribution in [0.4, 0.5) is 5.13 Å². The molecule has 1 saturated carbocycles. The average Bonchev–Trinajstić information content (AvgIpc) is 3.21. The van der Waals surface area contributed by atoms with E-state index in [9.17, 15) is 9.59 Å². The standard InChI is InChI=1S/C22H28N4O4S/c1-29-13-12-26-20(28)16-9-5-4-8-15(16)18(22(26)10-6-3-7-11-22)19(27)23-21-25-24-17(31-21)14-30-2/h4-5,8-9,18H,3,6-7,10-14H2,1-2H3,(H,23,25,27). The molecular formula is C22H28N4O4S. The van der Waals surface area contributed by atoms with Crippen LogP contribution in [-0.2, 0) is 20.9 Å². The maximum atomic E-state index is 13.7. The molecule has 2 heterocycles. The lowest BCUT2D eigenvalue weighted by molar-refractivity contribution is -0.122. The Morgan fingerprint density at radius 2 is 1.97 bits per heavy atom. The van der Waals surface area contributed by atoms with Crippen molar-refractivity contribution in [3.05, 3.63) is 40.4 Å². The molecule has 4 rings (SSSR count). The summed E-state index contributed by atoms with van der Waals surface area (Å²) >= 11 is 1.30. The number of hydrogen-bond acceptors (Lipinski definition) is 7. The first-order valence-electron chi connectivity index (χ1n) is 10.6. The highest BCUT2D eigenvalue weighted by Gasteiger charge is 2.54. The largest absolute Gasteiger partial charge is 0.383 e. The number of aromatic nitrogens is 2. The number of amides is 2. The molecule has 1 fully saturated rings. The first-order valence-corrected chi connectivity index (χ1v) is 11.4. The zero-order chi connectivity index (χ0) is 21.8. The van der Waals surface area contributed by atoms with Crippen LogP contribution in [0.15, 0.2) is 24.3 Å². The molecule has 0 bridgehead atoms. The molecule has 1 aromatic carbocycles. The lowest BCUT2D eigenvalue weighted by Crippen LogP contribution is -2.62. The van der Waals surface area contributed by atoms with Gasteiger partial charge in [-0.25, -0.2) is 0 Å². The minimum absolute atomic E-state index is 0.0168. The van der Waals surface area contributed by atoms with Gasteiger partial charge in [0.15, 0.2) is 0 Å². The molecule has 0 radical (unpaired) electrons. The van der Waals surface area contributed by atoms with Crippen molar-refractivity contribution in [2.24, 2.45) is 0 Å². The second-order valence-electron chi connectivity index (χ2n) is 8.06. The van der Waals surface area contributed by atoms with E-state index >= 15 is 0 Å². The molecule has 1 aliphatic heterocycles. The van der Waals surface area contributed by atoms with Gasteiger partial charge >= 0.3 is 0 Å². The number of methoxy groups -OCH3 is 2. The zero-order valence-electron chi connectivity index (χ0n) is 17.9. The molecule has 0 saturated heterocycles. The summed E-state index contributed by atoms with van der Waals surface area (Å²) in [6, 6.07) is 7.48. The Morgan fingerprint density at radius 3 is 2.71 bits per heavy atom. The van der Waals surface area contributed by atoms with Crippen molar-refractivity contribution in [3.63, 3.8) is 0 Å². The van der Waals surface area contributed by atoms with Gasteiger partial charge in [-0.1, -0.05) is 48.8 Å². The number of benzene rings is 1. The Hall–Kier alpha value is -2.36. The number of ether oxygens (including phenoxy) is 2. The maximum Gasteiger partial charge on any atom is 0.254 e. The molecule has 1 atom stereocenters.